The molecule has 1 amide bonds. The maximum absolute atomic E-state index is 12.0. The van der Waals surface area contributed by atoms with Crippen molar-refractivity contribution in [2.75, 3.05) is 6.54 Å². The number of rotatable bonds is 3. The maximum Gasteiger partial charge on any atom is 0.231 e. The van der Waals surface area contributed by atoms with Crippen molar-refractivity contribution in [3.05, 3.63) is 36.5 Å². The Balaban J connectivity index is 1.41. The van der Waals surface area contributed by atoms with E-state index in [0.717, 1.165) is 24.9 Å². The molecule has 0 spiro atoms. The summed E-state index contributed by atoms with van der Waals surface area (Å²) in [4.78, 5) is 23.1. The van der Waals surface area contributed by atoms with Gasteiger partial charge in [0.1, 0.15) is 11.3 Å². The molecule has 3 aromatic rings. The summed E-state index contributed by atoms with van der Waals surface area (Å²) in [6, 6.07) is 6.26. The molecule has 0 aromatic carbocycles. The first-order valence-corrected chi connectivity index (χ1v) is 8.35. The number of pyridine rings is 1. The van der Waals surface area contributed by atoms with Gasteiger partial charge in [-0.15, -0.1) is 0 Å². The van der Waals surface area contributed by atoms with E-state index in [9.17, 15) is 4.79 Å². The summed E-state index contributed by atoms with van der Waals surface area (Å²) in [6.07, 6.45) is 7.41. The van der Waals surface area contributed by atoms with Crippen molar-refractivity contribution in [2.45, 2.75) is 37.6 Å². The van der Waals surface area contributed by atoms with Crippen molar-refractivity contribution in [2.24, 2.45) is 0 Å². The minimum Gasteiger partial charge on any atom is -0.339 e. The summed E-state index contributed by atoms with van der Waals surface area (Å²) in [5, 5.41) is 4.10. The Morgan fingerprint density at radius 3 is 2.92 bits per heavy atom. The number of hydrogen-bond donors (Lipinski definition) is 0. The first-order valence-electron chi connectivity index (χ1n) is 8.35. The smallest absolute Gasteiger partial charge is 0.231 e. The Hall–Kier alpha value is -2.70. The van der Waals surface area contributed by atoms with Crippen molar-refractivity contribution < 1.29 is 9.32 Å². The number of hydrogen-bond acceptors (Lipinski definition) is 5. The number of carbonyl (C=O) groups is 1. The molecule has 1 saturated carbocycles. The van der Waals surface area contributed by atoms with Gasteiger partial charge >= 0.3 is 0 Å². The van der Waals surface area contributed by atoms with Crippen LogP contribution in [0.4, 0.5) is 0 Å². The fraction of sp³-hybridized carbons (Fsp3) is 0.412. The van der Waals surface area contributed by atoms with E-state index in [4.69, 9.17) is 4.52 Å². The van der Waals surface area contributed by atoms with Crippen LogP contribution in [-0.2, 0) is 4.79 Å². The van der Waals surface area contributed by atoms with Crippen LogP contribution in [0.25, 0.3) is 17.2 Å². The number of aromatic nitrogens is 4. The van der Waals surface area contributed by atoms with Gasteiger partial charge in [-0.25, -0.2) is 4.98 Å². The molecule has 2 aliphatic rings. The quantitative estimate of drug-likeness (QED) is 0.739. The Morgan fingerprint density at radius 2 is 2.08 bits per heavy atom. The van der Waals surface area contributed by atoms with Gasteiger partial charge in [-0.3, -0.25) is 4.79 Å². The van der Waals surface area contributed by atoms with Crippen LogP contribution < -0.4 is 0 Å². The average Bonchev–Trinajstić information content (AvgIpc) is 3.16. The van der Waals surface area contributed by atoms with E-state index in [1.165, 1.54) is 0 Å². The van der Waals surface area contributed by atoms with Gasteiger partial charge in [-0.05, 0) is 31.4 Å². The minimum absolute atomic E-state index is 0.126. The first kappa shape index (κ1) is 13.7. The number of nitrogens with zero attached hydrogens (tertiary/aromatic N) is 5. The van der Waals surface area contributed by atoms with E-state index in [0.29, 0.717) is 36.4 Å². The molecule has 3 aromatic heterocycles. The van der Waals surface area contributed by atoms with Gasteiger partial charge in [0.25, 0.3) is 0 Å². The van der Waals surface area contributed by atoms with Crippen molar-refractivity contribution in [1.29, 1.82) is 0 Å². The number of likely N-dealkylation sites (tertiary alicyclic amines) is 1. The molecular weight excluding hydrogens is 306 g/mol. The van der Waals surface area contributed by atoms with E-state index in [-0.39, 0.29) is 11.8 Å². The number of imidazole rings is 1. The molecule has 5 rings (SSSR count). The fourth-order valence-electron chi connectivity index (χ4n) is 3.36. The number of amides is 1. The third kappa shape index (κ3) is 2.28. The summed E-state index contributed by atoms with van der Waals surface area (Å²) in [5.74, 6) is 1.50. The Labute approximate surface area is 138 Å². The zero-order valence-corrected chi connectivity index (χ0v) is 13.1. The fourth-order valence-corrected chi connectivity index (χ4v) is 3.36. The molecule has 4 heterocycles. The van der Waals surface area contributed by atoms with Crippen molar-refractivity contribution in [3.8, 4) is 11.5 Å². The van der Waals surface area contributed by atoms with Gasteiger partial charge in [-0.1, -0.05) is 11.2 Å². The molecular formula is C17H17N5O2. The Bertz CT molecular complexity index is 877. The van der Waals surface area contributed by atoms with Crippen molar-refractivity contribution >= 4 is 11.6 Å². The molecule has 2 fully saturated rings. The molecule has 0 N–H and O–H groups in total. The largest absolute Gasteiger partial charge is 0.339 e. The molecule has 7 nitrogen and oxygen atoms in total. The monoisotopic (exact) mass is 323 g/mol. The van der Waals surface area contributed by atoms with Crippen molar-refractivity contribution in [3.63, 3.8) is 0 Å². The average molecular weight is 323 g/mol. The third-order valence-corrected chi connectivity index (χ3v) is 4.82. The topological polar surface area (TPSA) is 76.5 Å². The lowest BCUT2D eigenvalue weighted by atomic mass is 9.97. The molecule has 24 heavy (non-hydrogen) atoms. The van der Waals surface area contributed by atoms with Gasteiger partial charge < -0.3 is 13.8 Å². The van der Waals surface area contributed by atoms with E-state index >= 15 is 0 Å². The highest BCUT2D eigenvalue weighted by Gasteiger charge is 2.38. The molecule has 0 bridgehead atoms. The van der Waals surface area contributed by atoms with Crippen LogP contribution in [0.3, 0.4) is 0 Å². The van der Waals surface area contributed by atoms with Gasteiger partial charge in [-0.2, -0.15) is 4.98 Å². The van der Waals surface area contributed by atoms with Crippen LogP contribution in [0.2, 0.25) is 0 Å². The second kappa shape index (κ2) is 5.15. The summed E-state index contributed by atoms with van der Waals surface area (Å²) >= 11 is 0. The Morgan fingerprint density at radius 1 is 1.17 bits per heavy atom. The van der Waals surface area contributed by atoms with E-state index < -0.39 is 0 Å². The summed E-state index contributed by atoms with van der Waals surface area (Å²) < 4.78 is 7.42. The molecule has 122 valence electrons. The number of fused-ring (bicyclic) bond motifs is 1. The van der Waals surface area contributed by atoms with Crippen LogP contribution in [-0.4, -0.2) is 42.9 Å². The second-order valence-corrected chi connectivity index (χ2v) is 6.56. The summed E-state index contributed by atoms with van der Waals surface area (Å²) in [5.41, 5.74) is 1.55. The highest BCUT2D eigenvalue weighted by molar-refractivity contribution is 5.77. The zero-order chi connectivity index (χ0) is 16.1. The molecule has 0 unspecified atom stereocenters. The predicted molar refractivity (Wildman–Crippen MR) is 85.2 cm³/mol. The van der Waals surface area contributed by atoms with Crippen LogP contribution in [0.5, 0.6) is 0 Å². The van der Waals surface area contributed by atoms with Crippen LogP contribution >= 0.6 is 0 Å². The lowest BCUT2D eigenvalue weighted by Gasteiger charge is -2.30. The standard InChI is InChI=1S/C17H17N5O2/c23-15-7-4-11(9-22(15)12-5-6-12)17-19-16(20-24-17)13-10-21-8-2-1-3-14(21)18-13/h1-3,8,10-12H,4-7,9H2/t11-/m0/s1. The Kier molecular flexibility index (Phi) is 2.95. The van der Waals surface area contributed by atoms with Crippen LogP contribution in [0.1, 0.15) is 37.5 Å². The molecule has 7 heteroatoms. The highest BCUT2D eigenvalue weighted by atomic mass is 16.5. The van der Waals surface area contributed by atoms with Crippen LogP contribution in [0, 0.1) is 0 Å². The molecule has 0 radical (unpaired) electrons. The van der Waals surface area contributed by atoms with Gasteiger partial charge in [0.2, 0.25) is 17.6 Å². The minimum atomic E-state index is 0.126. The van der Waals surface area contributed by atoms with Gasteiger partial charge in [0.15, 0.2) is 0 Å². The zero-order valence-electron chi connectivity index (χ0n) is 13.1. The van der Waals surface area contributed by atoms with E-state index in [2.05, 4.69) is 15.1 Å². The molecule has 1 aliphatic heterocycles. The van der Waals surface area contributed by atoms with E-state index in [1.54, 1.807) is 0 Å². The molecule has 1 atom stereocenters. The van der Waals surface area contributed by atoms with Crippen molar-refractivity contribution in [1.82, 2.24) is 24.4 Å². The maximum atomic E-state index is 12.0. The summed E-state index contributed by atoms with van der Waals surface area (Å²) in [7, 11) is 0. The molecule has 1 saturated heterocycles. The predicted octanol–water partition coefficient (Wildman–Crippen LogP) is 2.25. The third-order valence-electron chi connectivity index (χ3n) is 4.82. The van der Waals surface area contributed by atoms with Crippen LogP contribution in [0.15, 0.2) is 35.1 Å². The lowest BCUT2D eigenvalue weighted by molar-refractivity contribution is -0.134. The first-order chi connectivity index (χ1) is 11.8. The molecule has 1 aliphatic carbocycles. The normalized spacial score (nSPS) is 21.6. The van der Waals surface area contributed by atoms with Gasteiger partial charge in [0, 0.05) is 31.4 Å². The SMILES string of the molecule is O=C1CC[C@H](c2nc(-c3cn4ccccc4n3)no2)CN1C1CC1. The van der Waals surface area contributed by atoms with Gasteiger partial charge in [0.05, 0.1) is 5.92 Å². The highest BCUT2D eigenvalue weighted by Crippen LogP contribution is 2.35. The second-order valence-electron chi connectivity index (χ2n) is 6.56. The lowest BCUT2D eigenvalue weighted by Crippen LogP contribution is -2.40. The summed E-state index contributed by atoms with van der Waals surface area (Å²) in [6.45, 7) is 0.691. The number of carbonyl (C=O) groups excluding carboxylic acids is 1. The van der Waals surface area contributed by atoms with E-state index in [1.807, 2.05) is 39.9 Å². The number of piperidine rings is 1.